The Balaban J connectivity index is 1.61. The normalized spacial score (nSPS) is 16.4. The zero-order valence-corrected chi connectivity index (χ0v) is 13.7. The van der Waals surface area contributed by atoms with Crippen LogP contribution in [0.2, 0.25) is 0 Å². The van der Waals surface area contributed by atoms with E-state index in [1.807, 2.05) is 5.38 Å². The molecule has 1 aromatic heterocycles. The van der Waals surface area contributed by atoms with Crippen molar-refractivity contribution in [3.8, 4) is 0 Å². The minimum Gasteiger partial charge on any atom is -0.336 e. The van der Waals surface area contributed by atoms with Gasteiger partial charge in [0.2, 0.25) is 0 Å². The number of benzene rings is 1. The number of piperazine rings is 1. The van der Waals surface area contributed by atoms with Crippen LogP contribution in [0.5, 0.6) is 0 Å². The van der Waals surface area contributed by atoms with Gasteiger partial charge >= 0.3 is 6.18 Å². The van der Waals surface area contributed by atoms with Gasteiger partial charge in [0.1, 0.15) is 0 Å². The second-order valence-corrected chi connectivity index (χ2v) is 6.56. The van der Waals surface area contributed by atoms with Crippen molar-refractivity contribution in [2.75, 3.05) is 26.2 Å². The third-order valence-corrected chi connectivity index (χ3v) is 4.81. The quantitative estimate of drug-likeness (QED) is 0.839. The highest BCUT2D eigenvalue weighted by molar-refractivity contribution is 7.07. The van der Waals surface area contributed by atoms with E-state index < -0.39 is 11.7 Å². The largest absolute Gasteiger partial charge is 0.416 e. The highest BCUT2D eigenvalue weighted by atomic mass is 32.1. The number of nitrogens with zero attached hydrogens (tertiary/aromatic N) is 2. The monoisotopic (exact) mass is 354 g/mol. The van der Waals surface area contributed by atoms with Crippen molar-refractivity contribution in [2.45, 2.75) is 12.7 Å². The Labute approximate surface area is 142 Å². The number of hydrogen-bond acceptors (Lipinski definition) is 3. The van der Waals surface area contributed by atoms with Crippen LogP contribution in [-0.2, 0) is 12.7 Å². The third-order valence-electron chi connectivity index (χ3n) is 4.08. The number of carbonyl (C=O) groups excluding carboxylic acids is 1. The zero-order valence-electron chi connectivity index (χ0n) is 12.9. The van der Waals surface area contributed by atoms with Crippen LogP contribution in [0.15, 0.2) is 41.1 Å². The lowest BCUT2D eigenvalue weighted by Gasteiger charge is -2.34. The molecule has 2 aromatic rings. The van der Waals surface area contributed by atoms with Gasteiger partial charge in [-0.25, -0.2) is 0 Å². The summed E-state index contributed by atoms with van der Waals surface area (Å²) in [6.45, 7) is 3.34. The van der Waals surface area contributed by atoms with Crippen LogP contribution in [0, 0.1) is 0 Å². The van der Waals surface area contributed by atoms with Gasteiger partial charge in [0.05, 0.1) is 5.56 Å². The second kappa shape index (κ2) is 6.94. The first-order chi connectivity index (χ1) is 11.4. The summed E-state index contributed by atoms with van der Waals surface area (Å²) in [5, 5.41) is 4.13. The lowest BCUT2D eigenvalue weighted by atomic mass is 10.1. The molecule has 0 atom stereocenters. The molecule has 0 radical (unpaired) electrons. The molecule has 0 aliphatic carbocycles. The molecule has 0 spiro atoms. The van der Waals surface area contributed by atoms with Crippen molar-refractivity contribution < 1.29 is 18.0 Å². The highest BCUT2D eigenvalue weighted by Crippen LogP contribution is 2.29. The van der Waals surface area contributed by atoms with E-state index in [9.17, 15) is 18.0 Å². The molecule has 0 N–H and O–H groups in total. The van der Waals surface area contributed by atoms with E-state index in [4.69, 9.17) is 0 Å². The van der Waals surface area contributed by atoms with Crippen molar-refractivity contribution in [1.29, 1.82) is 0 Å². The van der Waals surface area contributed by atoms with Gasteiger partial charge in [0.15, 0.2) is 0 Å². The van der Waals surface area contributed by atoms with Gasteiger partial charge in [-0.2, -0.15) is 24.5 Å². The Morgan fingerprint density at radius 2 is 1.88 bits per heavy atom. The van der Waals surface area contributed by atoms with Crippen LogP contribution >= 0.6 is 11.3 Å². The summed E-state index contributed by atoms with van der Waals surface area (Å²) in [4.78, 5) is 16.3. The van der Waals surface area contributed by atoms with E-state index in [1.54, 1.807) is 16.2 Å². The topological polar surface area (TPSA) is 23.6 Å². The van der Waals surface area contributed by atoms with Gasteiger partial charge in [-0.15, -0.1) is 0 Å². The van der Waals surface area contributed by atoms with Crippen molar-refractivity contribution in [2.24, 2.45) is 0 Å². The molecule has 1 aromatic carbocycles. The van der Waals surface area contributed by atoms with Crippen molar-refractivity contribution in [3.05, 3.63) is 57.8 Å². The Morgan fingerprint density at radius 1 is 1.12 bits per heavy atom. The SMILES string of the molecule is O=C(c1cccc(C(F)(F)F)c1)N1CCN(Cc2ccsc2)CC1. The molecule has 1 fully saturated rings. The molecule has 0 bridgehead atoms. The van der Waals surface area contributed by atoms with E-state index in [0.717, 1.165) is 31.8 Å². The Morgan fingerprint density at radius 3 is 2.50 bits per heavy atom. The van der Waals surface area contributed by atoms with E-state index in [-0.39, 0.29) is 11.5 Å². The number of halogens is 3. The summed E-state index contributed by atoms with van der Waals surface area (Å²) < 4.78 is 38.3. The maximum absolute atomic E-state index is 12.8. The van der Waals surface area contributed by atoms with Gasteiger partial charge in [-0.1, -0.05) is 6.07 Å². The molecule has 1 aliphatic rings. The fourth-order valence-electron chi connectivity index (χ4n) is 2.76. The molecule has 1 saturated heterocycles. The van der Waals surface area contributed by atoms with Crippen LogP contribution in [0.3, 0.4) is 0 Å². The lowest BCUT2D eigenvalue weighted by Crippen LogP contribution is -2.48. The Kier molecular flexibility index (Phi) is 4.91. The third kappa shape index (κ3) is 3.96. The van der Waals surface area contributed by atoms with Crippen molar-refractivity contribution in [1.82, 2.24) is 9.80 Å². The maximum atomic E-state index is 12.8. The van der Waals surface area contributed by atoms with E-state index in [1.165, 1.54) is 17.7 Å². The smallest absolute Gasteiger partial charge is 0.336 e. The predicted octanol–water partition coefficient (Wildman–Crippen LogP) is 3.72. The number of carbonyl (C=O) groups is 1. The minimum atomic E-state index is -4.43. The Bertz CT molecular complexity index is 692. The molecular formula is C17H17F3N2OS. The minimum absolute atomic E-state index is 0.0936. The van der Waals surface area contributed by atoms with Crippen LogP contribution < -0.4 is 0 Å². The Hall–Kier alpha value is -1.86. The summed E-state index contributed by atoms with van der Waals surface area (Å²) in [5.41, 5.74) is 0.554. The summed E-state index contributed by atoms with van der Waals surface area (Å²) in [6, 6.07) is 6.71. The van der Waals surface area contributed by atoms with E-state index in [0.29, 0.717) is 13.1 Å². The zero-order chi connectivity index (χ0) is 17.2. The maximum Gasteiger partial charge on any atom is 0.416 e. The predicted molar refractivity (Wildman–Crippen MR) is 86.9 cm³/mol. The molecule has 3 nitrogen and oxygen atoms in total. The average Bonchev–Trinajstić information content (AvgIpc) is 3.07. The molecule has 0 unspecified atom stereocenters. The van der Waals surface area contributed by atoms with Gasteiger partial charge in [0.25, 0.3) is 5.91 Å². The molecule has 2 heterocycles. The van der Waals surface area contributed by atoms with Crippen LogP contribution in [0.25, 0.3) is 0 Å². The van der Waals surface area contributed by atoms with E-state index >= 15 is 0 Å². The molecule has 1 amide bonds. The van der Waals surface area contributed by atoms with Gasteiger partial charge in [-0.3, -0.25) is 9.69 Å². The molecule has 3 rings (SSSR count). The lowest BCUT2D eigenvalue weighted by molar-refractivity contribution is -0.137. The van der Waals surface area contributed by atoms with Crippen LogP contribution in [-0.4, -0.2) is 41.9 Å². The van der Waals surface area contributed by atoms with Crippen molar-refractivity contribution in [3.63, 3.8) is 0 Å². The molecule has 128 valence electrons. The van der Waals surface area contributed by atoms with Gasteiger partial charge in [-0.05, 0) is 40.6 Å². The summed E-state index contributed by atoms with van der Waals surface area (Å²) in [6.07, 6.45) is -4.43. The highest BCUT2D eigenvalue weighted by Gasteiger charge is 2.31. The molecule has 0 saturated carbocycles. The molecular weight excluding hydrogens is 337 g/mol. The molecule has 24 heavy (non-hydrogen) atoms. The van der Waals surface area contributed by atoms with Gasteiger partial charge < -0.3 is 4.90 Å². The van der Waals surface area contributed by atoms with Crippen LogP contribution in [0.4, 0.5) is 13.2 Å². The van der Waals surface area contributed by atoms with Crippen LogP contribution in [0.1, 0.15) is 21.5 Å². The van der Waals surface area contributed by atoms with Crippen molar-refractivity contribution >= 4 is 17.2 Å². The summed E-state index contributed by atoms with van der Waals surface area (Å²) in [5.74, 6) is -0.337. The number of hydrogen-bond donors (Lipinski definition) is 0. The van der Waals surface area contributed by atoms with Gasteiger partial charge in [0, 0.05) is 38.3 Å². The first-order valence-electron chi connectivity index (χ1n) is 7.63. The molecule has 7 heteroatoms. The standard InChI is InChI=1S/C17H17F3N2OS/c18-17(19,20)15-3-1-2-14(10-15)16(23)22-7-5-21(6-8-22)11-13-4-9-24-12-13/h1-4,9-10,12H,5-8,11H2. The number of thiophene rings is 1. The van der Waals surface area contributed by atoms with E-state index in [2.05, 4.69) is 16.3 Å². The summed E-state index contributed by atoms with van der Waals surface area (Å²) >= 11 is 1.65. The number of amides is 1. The first kappa shape index (κ1) is 17.0. The second-order valence-electron chi connectivity index (χ2n) is 5.78. The fourth-order valence-corrected chi connectivity index (χ4v) is 3.42. The number of rotatable bonds is 3. The number of alkyl halides is 3. The fraction of sp³-hybridized carbons (Fsp3) is 0.353. The summed E-state index contributed by atoms with van der Waals surface area (Å²) in [7, 11) is 0. The first-order valence-corrected chi connectivity index (χ1v) is 8.58. The average molecular weight is 354 g/mol. The molecule has 1 aliphatic heterocycles.